The van der Waals surface area contributed by atoms with Gasteiger partial charge < -0.3 is 19.6 Å². The summed E-state index contributed by atoms with van der Waals surface area (Å²) in [7, 11) is 4.13. The van der Waals surface area contributed by atoms with Crippen LogP contribution in [-0.4, -0.2) is 61.5 Å². The lowest BCUT2D eigenvalue weighted by molar-refractivity contribution is -0.901. The molecule has 33 heavy (non-hydrogen) atoms. The number of alkyl carbamates (subject to hydrolysis) is 1. The van der Waals surface area contributed by atoms with E-state index in [0.29, 0.717) is 17.4 Å². The van der Waals surface area contributed by atoms with Gasteiger partial charge in [0.1, 0.15) is 12.0 Å². The van der Waals surface area contributed by atoms with Crippen LogP contribution < -0.4 is 5.32 Å². The number of carbonyl (C=O) groups is 2. The molecule has 0 unspecified atom stereocenters. The van der Waals surface area contributed by atoms with E-state index in [-0.39, 0.29) is 12.5 Å². The highest BCUT2D eigenvalue weighted by atomic mass is 16.5. The number of likely N-dealkylation sites (tertiary alicyclic amines) is 1. The molecule has 0 aromatic heterocycles. The number of nitrogens with zero attached hydrogens (tertiary/aromatic N) is 1. The number of fused-ring (bicyclic) bond motifs is 3. The summed E-state index contributed by atoms with van der Waals surface area (Å²) >= 11 is 0. The second-order valence-corrected chi connectivity index (χ2v) is 9.69. The van der Waals surface area contributed by atoms with Gasteiger partial charge in [0, 0.05) is 5.92 Å². The fraction of sp³-hybridized carbons (Fsp3) is 0.407. The summed E-state index contributed by atoms with van der Waals surface area (Å²) in [4.78, 5) is 25.1. The third kappa shape index (κ3) is 4.46. The molecule has 6 nitrogen and oxygen atoms in total. The van der Waals surface area contributed by atoms with E-state index >= 15 is 0 Å². The van der Waals surface area contributed by atoms with Crippen LogP contribution in [0.3, 0.4) is 0 Å². The summed E-state index contributed by atoms with van der Waals surface area (Å²) in [6.45, 7) is 3.35. The standard InChI is InChI=1S/C27H30N2O4/c1-4-14-27(15-9-16-29(2,3)18-27)24(25(30)31)28-26(32)33-17-23-21-12-7-5-10-19(21)20-11-6-8-13-22(20)23/h5-8,10-13,23-24H,9,15-18H2,1-3H3,(H-,28,30,31,32)/p+1/t24-,27-/m1/s1. The number of aliphatic carboxylic acids is 1. The molecule has 1 saturated heterocycles. The van der Waals surface area contributed by atoms with Crippen LogP contribution in [0.1, 0.15) is 36.8 Å². The molecule has 172 valence electrons. The Morgan fingerprint density at radius 1 is 1.15 bits per heavy atom. The van der Waals surface area contributed by atoms with Gasteiger partial charge in [-0.2, -0.15) is 0 Å². The first-order chi connectivity index (χ1) is 15.8. The number of hydrogen-bond acceptors (Lipinski definition) is 3. The number of nitrogens with one attached hydrogen (secondary N) is 1. The Labute approximate surface area is 195 Å². The molecule has 4 rings (SSSR count). The zero-order valence-electron chi connectivity index (χ0n) is 19.4. The predicted molar refractivity (Wildman–Crippen MR) is 127 cm³/mol. The lowest BCUT2D eigenvalue weighted by atomic mass is 9.73. The Bertz CT molecular complexity index is 1080. The lowest BCUT2D eigenvalue weighted by Crippen LogP contribution is -2.62. The SMILES string of the molecule is CC#C[C@@]1([C@H](NC(=O)OCC2c3ccccc3-c3ccccc32)C(=O)O)CCC[N+](C)(C)C1. The van der Waals surface area contributed by atoms with Gasteiger partial charge in [0.2, 0.25) is 0 Å². The number of hydrogen-bond donors (Lipinski definition) is 2. The average Bonchev–Trinajstić information content (AvgIpc) is 3.09. The molecule has 1 fully saturated rings. The highest BCUT2D eigenvalue weighted by molar-refractivity contribution is 5.82. The third-order valence-electron chi connectivity index (χ3n) is 6.88. The monoisotopic (exact) mass is 447 g/mol. The van der Waals surface area contributed by atoms with Crippen molar-refractivity contribution in [3.8, 4) is 23.0 Å². The Morgan fingerprint density at radius 3 is 2.30 bits per heavy atom. The van der Waals surface area contributed by atoms with Crippen LogP contribution >= 0.6 is 0 Å². The molecular formula is C27H31N2O4+. The molecule has 2 atom stereocenters. The van der Waals surface area contributed by atoms with Crippen molar-refractivity contribution in [1.82, 2.24) is 5.32 Å². The van der Waals surface area contributed by atoms with Crippen LogP contribution in [0, 0.1) is 17.3 Å². The minimum Gasteiger partial charge on any atom is -0.480 e. The van der Waals surface area contributed by atoms with Gasteiger partial charge in [-0.05, 0) is 42.0 Å². The average molecular weight is 448 g/mol. The van der Waals surface area contributed by atoms with Crippen molar-refractivity contribution in [2.45, 2.75) is 31.7 Å². The van der Waals surface area contributed by atoms with Crippen LogP contribution in [0.15, 0.2) is 48.5 Å². The van der Waals surface area contributed by atoms with Crippen molar-refractivity contribution in [2.75, 3.05) is 33.8 Å². The van der Waals surface area contributed by atoms with E-state index in [4.69, 9.17) is 4.74 Å². The van der Waals surface area contributed by atoms with Crippen molar-refractivity contribution in [3.63, 3.8) is 0 Å². The van der Waals surface area contributed by atoms with E-state index < -0.39 is 23.5 Å². The molecule has 2 aromatic rings. The molecule has 2 aromatic carbocycles. The summed E-state index contributed by atoms with van der Waals surface area (Å²) in [5.74, 6) is 4.88. The number of benzene rings is 2. The summed E-state index contributed by atoms with van der Waals surface area (Å²) < 4.78 is 6.28. The maximum Gasteiger partial charge on any atom is 0.407 e. The van der Waals surface area contributed by atoms with E-state index in [1.165, 1.54) is 0 Å². The van der Waals surface area contributed by atoms with Crippen LogP contribution in [0.4, 0.5) is 4.79 Å². The molecule has 0 spiro atoms. The number of quaternary nitrogens is 1. The van der Waals surface area contributed by atoms with E-state index in [0.717, 1.165) is 35.2 Å². The van der Waals surface area contributed by atoms with Crippen LogP contribution in [0.5, 0.6) is 0 Å². The van der Waals surface area contributed by atoms with Gasteiger partial charge in [0.25, 0.3) is 0 Å². The molecule has 2 aliphatic rings. The second kappa shape index (κ2) is 8.92. The minimum atomic E-state index is -1.14. The smallest absolute Gasteiger partial charge is 0.407 e. The van der Waals surface area contributed by atoms with Gasteiger partial charge in [0.05, 0.1) is 27.2 Å². The van der Waals surface area contributed by atoms with E-state index in [1.54, 1.807) is 6.92 Å². The molecule has 0 radical (unpaired) electrons. The Morgan fingerprint density at radius 2 is 1.76 bits per heavy atom. The summed E-state index contributed by atoms with van der Waals surface area (Å²) in [6.07, 6.45) is 0.742. The fourth-order valence-electron chi connectivity index (χ4n) is 5.60. The molecule has 1 amide bonds. The summed E-state index contributed by atoms with van der Waals surface area (Å²) in [5.41, 5.74) is 3.67. The molecule has 1 aliphatic heterocycles. The Hall–Kier alpha value is -3.30. The largest absolute Gasteiger partial charge is 0.480 e. The first-order valence-electron chi connectivity index (χ1n) is 11.4. The van der Waals surface area contributed by atoms with Gasteiger partial charge in [0.15, 0.2) is 6.04 Å². The highest BCUT2D eigenvalue weighted by Gasteiger charge is 2.50. The topological polar surface area (TPSA) is 75.6 Å². The summed E-state index contributed by atoms with van der Waals surface area (Å²) in [6, 6.07) is 15.1. The Kier molecular flexibility index (Phi) is 6.18. The van der Waals surface area contributed by atoms with Crippen LogP contribution in [0.25, 0.3) is 11.1 Å². The zero-order chi connectivity index (χ0) is 23.6. The fourth-order valence-corrected chi connectivity index (χ4v) is 5.60. The van der Waals surface area contributed by atoms with Crippen molar-refractivity contribution < 1.29 is 23.9 Å². The number of piperidine rings is 1. The highest BCUT2D eigenvalue weighted by Crippen LogP contribution is 2.44. The number of ether oxygens (including phenoxy) is 1. The van der Waals surface area contributed by atoms with Gasteiger partial charge in [-0.3, -0.25) is 0 Å². The van der Waals surface area contributed by atoms with Gasteiger partial charge in [-0.15, -0.1) is 5.92 Å². The maximum atomic E-state index is 12.8. The van der Waals surface area contributed by atoms with Crippen LogP contribution in [0.2, 0.25) is 0 Å². The van der Waals surface area contributed by atoms with E-state index in [2.05, 4.69) is 55.5 Å². The number of carboxylic acids is 1. The molecule has 2 N–H and O–H groups in total. The first-order valence-corrected chi connectivity index (χ1v) is 11.4. The summed E-state index contributed by atoms with van der Waals surface area (Å²) in [5, 5.41) is 12.7. The van der Waals surface area contributed by atoms with Gasteiger partial charge in [-0.25, -0.2) is 9.59 Å². The first kappa shape index (κ1) is 22.9. The normalized spacial score (nSPS) is 21.7. The molecule has 1 heterocycles. The van der Waals surface area contributed by atoms with E-state index in [1.807, 2.05) is 24.3 Å². The lowest BCUT2D eigenvalue weighted by Gasteiger charge is -2.45. The Balaban J connectivity index is 1.52. The van der Waals surface area contributed by atoms with E-state index in [9.17, 15) is 14.7 Å². The number of carbonyl (C=O) groups excluding carboxylic acids is 1. The molecule has 1 aliphatic carbocycles. The zero-order valence-corrected chi connectivity index (χ0v) is 19.4. The number of carboxylic acid groups (broad SMARTS) is 1. The quantitative estimate of drug-likeness (QED) is 0.539. The second-order valence-electron chi connectivity index (χ2n) is 9.69. The molecule has 0 saturated carbocycles. The molecular weight excluding hydrogens is 416 g/mol. The number of amides is 1. The van der Waals surface area contributed by atoms with Crippen LogP contribution in [-0.2, 0) is 9.53 Å². The molecule has 0 bridgehead atoms. The van der Waals surface area contributed by atoms with Crippen molar-refractivity contribution >= 4 is 12.1 Å². The van der Waals surface area contributed by atoms with Crippen molar-refractivity contribution in [2.24, 2.45) is 5.41 Å². The van der Waals surface area contributed by atoms with Crippen molar-refractivity contribution in [1.29, 1.82) is 0 Å². The minimum absolute atomic E-state index is 0.0823. The van der Waals surface area contributed by atoms with Gasteiger partial charge in [-0.1, -0.05) is 54.5 Å². The van der Waals surface area contributed by atoms with Crippen molar-refractivity contribution in [3.05, 3.63) is 59.7 Å². The maximum absolute atomic E-state index is 12.8. The molecule has 6 heteroatoms. The number of rotatable bonds is 5. The van der Waals surface area contributed by atoms with Gasteiger partial charge >= 0.3 is 12.1 Å². The third-order valence-corrected chi connectivity index (χ3v) is 6.88. The predicted octanol–water partition coefficient (Wildman–Crippen LogP) is 3.86.